The average Bonchev–Trinajstić information content (AvgIpc) is 2.41. The molecule has 118 valence electrons. The molecule has 0 aromatic heterocycles. The van der Waals surface area contributed by atoms with Gasteiger partial charge in [-0.2, -0.15) is 0 Å². The minimum atomic E-state index is -0.654. The van der Waals surface area contributed by atoms with Gasteiger partial charge >= 0.3 is 0 Å². The Morgan fingerprint density at radius 1 is 1.19 bits per heavy atom. The molecule has 21 heavy (non-hydrogen) atoms. The van der Waals surface area contributed by atoms with E-state index in [2.05, 4.69) is 4.90 Å². The monoisotopic (exact) mass is 295 g/mol. The maximum Gasteiger partial charge on any atom is 0.239 e. The van der Waals surface area contributed by atoms with E-state index in [0.29, 0.717) is 18.5 Å². The van der Waals surface area contributed by atoms with E-state index in [0.717, 1.165) is 13.0 Å². The molecule has 6 heteroatoms. The first-order valence-corrected chi connectivity index (χ1v) is 6.97. The lowest BCUT2D eigenvalue weighted by Crippen LogP contribution is -2.43. The summed E-state index contributed by atoms with van der Waals surface area (Å²) < 4.78 is 0. The maximum absolute atomic E-state index is 12.2. The number of benzene rings is 1. The van der Waals surface area contributed by atoms with Gasteiger partial charge in [-0.05, 0) is 51.2 Å². The van der Waals surface area contributed by atoms with Crippen LogP contribution in [0.5, 0.6) is 11.5 Å². The molecule has 0 aliphatic rings. The molecule has 0 heterocycles. The van der Waals surface area contributed by atoms with Gasteiger partial charge in [0.05, 0.1) is 6.04 Å². The maximum atomic E-state index is 12.2. The Morgan fingerprint density at radius 3 is 2.43 bits per heavy atom. The van der Waals surface area contributed by atoms with Crippen LogP contribution in [0.1, 0.15) is 12.0 Å². The molecule has 0 unspecified atom stereocenters. The number of carbonyl (C=O) groups excluding carboxylic acids is 1. The number of amides is 1. The summed E-state index contributed by atoms with van der Waals surface area (Å²) in [5.41, 5.74) is 6.64. The van der Waals surface area contributed by atoms with Crippen LogP contribution >= 0.6 is 0 Å². The number of hydrogen-bond donors (Lipinski definition) is 3. The van der Waals surface area contributed by atoms with Crippen molar-refractivity contribution < 1.29 is 15.0 Å². The van der Waals surface area contributed by atoms with Crippen LogP contribution in [0.15, 0.2) is 18.2 Å². The molecule has 0 aliphatic carbocycles. The van der Waals surface area contributed by atoms with Crippen molar-refractivity contribution in [1.29, 1.82) is 0 Å². The molecule has 4 N–H and O–H groups in total. The van der Waals surface area contributed by atoms with Gasteiger partial charge in [-0.25, -0.2) is 0 Å². The van der Waals surface area contributed by atoms with E-state index >= 15 is 0 Å². The highest BCUT2D eigenvalue weighted by Crippen LogP contribution is 2.25. The molecule has 1 rings (SSSR count). The van der Waals surface area contributed by atoms with Gasteiger partial charge in [0.1, 0.15) is 0 Å². The molecule has 1 atom stereocenters. The molecule has 6 nitrogen and oxygen atoms in total. The van der Waals surface area contributed by atoms with Crippen molar-refractivity contribution in [2.24, 2.45) is 5.73 Å². The predicted octanol–water partition coefficient (Wildman–Crippen LogP) is 0.378. The highest BCUT2D eigenvalue weighted by molar-refractivity contribution is 5.81. The van der Waals surface area contributed by atoms with Crippen molar-refractivity contribution in [1.82, 2.24) is 9.80 Å². The first-order valence-electron chi connectivity index (χ1n) is 6.97. The van der Waals surface area contributed by atoms with Crippen LogP contribution < -0.4 is 5.73 Å². The summed E-state index contributed by atoms with van der Waals surface area (Å²) in [7, 11) is 5.72. The van der Waals surface area contributed by atoms with Crippen LogP contribution in [-0.4, -0.2) is 66.2 Å². The molecule has 0 bridgehead atoms. The summed E-state index contributed by atoms with van der Waals surface area (Å²) in [6.45, 7) is 1.57. The fourth-order valence-electron chi connectivity index (χ4n) is 2.05. The molecule has 0 aliphatic heterocycles. The number of rotatable bonds is 7. The zero-order chi connectivity index (χ0) is 16.0. The number of nitrogens with zero attached hydrogens (tertiary/aromatic N) is 2. The van der Waals surface area contributed by atoms with E-state index in [1.54, 1.807) is 18.0 Å². The van der Waals surface area contributed by atoms with Crippen molar-refractivity contribution in [2.45, 2.75) is 18.9 Å². The number of phenols is 2. The topological polar surface area (TPSA) is 90.0 Å². The lowest BCUT2D eigenvalue weighted by Gasteiger charge is -2.22. The zero-order valence-corrected chi connectivity index (χ0v) is 12.9. The summed E-state index contributed by atoms with van der Waals surface area (Å²) in [4.78, 5) is 15.9. The molecule has 0 spiro atoms. The van der Waals surface area contributed by atoms with Crippen LogP contribution in [0.3, 0.4) is 0 Å². The Labute approximate surface area is 125 Å². The third-order valence-corrected chi connectivity index (χ3v) is 3.29. The number of aromatic hydroxyl groups is 2. The lowest BCUT2D eigenvalue weighted by molar-refractivity contribution is -0.131. The number of carbonyl (C=O) groups is 1. The van der Waals surface area contributed by atoms with Crippen LogP contribution in [-0.2, 0) is 11.2 Å². The predicted molar refractivity (Wildman–Crippen MR) is 82.3 cm³/mol. The largest absolute Gasteiger partial charge is 0.504 e. The van der Waals surface area contributed by atoms with E-state index in [1.165, 1.54) is 12.1 Å². The highest BCUT2D eigenvalue weighted by Gasteiger charge is 2.18. The molecular weight excluding hydrogens is 270 g/mol. The van der Waals surface area contributed by atoms with Gasteiger partial charge in [-0.3, -0.25) is 4.79 Å². The van der Waals surface area contributed by atoms with Gasteiger partial charge in [0.2, 0.25) is 5.91 Å². The minimum absolute atomic E-state index is 0.124. The van der Waals surface area contributed by atoms with E-state index < -0.39 is 6.04 Å². The Morgan fingerprint density at radius 2 is 1.86 bits per heavy atom. The fraction of sp³-hybridized carbons (Fsp3) is 0.533. The van der Waals surface area contributed by atoms with E-state index in [1.807, 2.05) is 14.1 Å². The Balaban J connectivity index is 2.51. The zero-order valence-electron chi connectivity index (χ0n) is 12.9. The molecule has 1 amide bonds. The standard InChI is InChI=1S/C15H25N3O3/c1-17(2)7-4-8-18(3)15(21)12(16)9-11-5-6-13(19)14(20)10-11/h5-6,10,12,19-20H,4,7-9,16H2,1-3H3/t12-/m0/s1. The van der Waals surface area contributed by atoms with Crippen LogP contribution in [0.25, 0.3) is 0 Å². The van der Waals surface area contributed by atoms with Crippen molar-refractivity contribution >= 4 is 5.91 Å². The Kier molecular flexibility index (Phi) is 6.45. The number of likely N-dealkylation sites (N-methyl/N-ethyl adjacent to an activating group) is 1. The van der Waals surface area contributed by atoms with E-state index in [9.17, 15) is 15.0 Å². The summed E-state index contributed by atoms with van der Waals surface area (Å²) in [5.74, 6) is -0.507. The molecular formula is C15H25N3O3. The second-order valence-corrected chi connectivity index (χ2v) is 5.55. The van der Waals surface area contributed by atoms with Crippen LogP contribution in [0, 0.1) is 0 Å². The third-order valence-electron chi connectivity index (χ3n) is 3.29. The Hall–Kier alpha value is -1.79. The number of hydrogen-bond acceptors (Lipinski definition) is 5. The van der Waals surface area contributed by atoms with Crippen molar-refractivity contribution in [2.75, 3.05) is 34.2 Å². The van der Waals surface area contributed by atoms with Gasteiger partial charge in [0, 0.05) is 13.6 Å². The summed E-state index contributed by atoms with van der Waals surface area (Å²) in [6.07, 6.45) is 1.21. The summed E-state index contributed by atoms with van der Waals surface area (Å²) >= 11 is 0. The lowest BCUT2D eigenvalue weighted by atomic mass is 10.0. The van der Waals surface area contributed by atoms with Gasteiger partial charge in [0.15, 0.2) is 11.5 Å². The Bertz CT molecular complexity index is 477. The van der Waals surface area contributed by atoms with E-state index in [4.69, 9.17) is 5.73 Å². The van der Waals surface area contributed by atoms with Crippen LogP contribution in [0.4, 0.5) is 0 Å². The third kappa shape index (κ3) is 5.61. The molecule has 0 fully saturated rings. The minimum Gasteiger partial charge on any atom is -0.504 e. The molecule has 0 radical (unpaired) electrons. The van der Waals surface area contributed by atoms with Gasteiger partial charge < -0.3 is 25.7 Å². The van der Waals surface area contributed by atoms with Gasteiger partial charge in [-0.15, -0.1) is 0 Å². The summed E-state index contributed by atoms with van der Waals surface area (Å²) in [6, 6.07) is 3.81. The second kappa shape index (κ2) is 7.85. The quantitative estimate of drug-likeness (QED) is 0.633. The average molecular weight is 295 g/mol. The molecule has 1 aromatic carbocycles. The smallest absolute Gasteiger partial charge is 0.239 e. The van der Waals surface area contributed by atoms with Crippen molar-refractivity contribution in [3.63, 3.8) is 0 Å². The second-order valence-electron chi connectivity index (χ2n) is 5.55. The van der Waals surface area contributed by atoms with Crippen molar-refractivity contribution in [3.05, 3.63) is 23.8 Å². The van der Waals surface area contributed by atoms with Gasteiger partial charge in [-0.1, -0.05) is 6.07 Å². The summed E-state index contributed by atoms with van der Waals surface area (Å²) in [5, 5.41) is 18.7. The van der Waals surface area contributed by atoms with Crippen molar-refractivity contribution in [3.8, 4) is 11.5 Å². The first-order chi connectivity index (χ1) is 9.81. The van der Waals surface area contributed by atoms with Crippen LogP contribution in [0.2, 0.25) is 0 Å². The highest BCUT2D eigenvalue weighted by atomic mass is 16.3. The normalized spacial score (nSPS) is 12.4. The SMILES string of the molecule is CN(C)CCCN(C)C(=O)[C@@H](N)Cc1ccc(O)c(O)c1. The first kappa shape index (κ1) is 17.3. The van der Waals surface area contributed by atoms with Gasteiger partial charge in [0.25, 0.3) is 0 Å². The number of phenolic OH excluding ortho intramolecular Hbond substituents is 2. The fourth-order valence-corrected chi connectivity index (χ4v) is 2.05. The molecule has 1 aromatic rings. The molecule has 0 saturated carbocycles. The number of nitrogens with two attached hydrogens (primary N) is 1. The molecule has 0 saturated heterocycles. The van der Waals surface area contributed by atoms with E-state index in [-0.39, 0.29) is 17.4 Å².